The lowest BCUT2D eigenvalue weighted by Crippen LogP contribution is -2.09. The van der Waals surface area contributed by atoms with E-state index in [0.717, 1.165) is 25.5 Å². The molecule has 1 unspecified atom stereocenters. The van der Waals surface area contributed by atoms with Gasteiger partial charge in [0.1, 0.15) is 12.2 Å². The summed E-state index contributed by atoms with van der Waals surface area (Å²) in [5.74, 6) is 1.82. The second-order valence-electron chi connectivity index (χ2n) is 4.32. The molecule has 2 aliphatic rings. The minimum Gasteiger partial charge on any atom is -0.381 e. The summed E-state index contributed by atoms with van der Waals surface area (Å²) in [5, 5.41) is 8.20. The normalized spacial score (nSPS) is 27.0. The van der Waals surface area contributed by atoms with Gasteiger partial charge < -0.3 is 9.30 Å². The van der Waals surface area contributed by atoms with Crippen LogP contribution in [0.1, 0.15) is 31.1 Å². The zero-order chi connectivity index (χ0) is 9.38. The van der Waals surface area contributed by atoms with Crippen LogP contribution in [0.4, 0.5) is 0 Å². The molecule has 0 spiro atoms. The summed E-state index contributed by atoms with van der Waals surface area (Å²) in [7, 11) is 0. The van der Waals surface area contributed by atoms with Gasteiger partial charge in [0.05, 0.1) is 0 Å². The van der Waals surface area contributed by atoms with Crippen molar-refractivity contribution in [2.45, 2.75) is 31.7 Å². The van der Waals surface area contributed by atoms with E-state index in [9.17, 15) is 0 Å². The first-order valence-electron chi connectivity index (χ1n) is 5.39. The van der Waals surface area contributed by atoms with Crippen LogP contribution in [-0.4, -0.2) is 28.0 Å². The molecule has 4 nitrogen and oxygen atoms in total. The summed E-state index contributed by atoms with van der Waals surface area (Å²) in [4.78, 5) is 0. The largest absolute Gasteiger partial charge is 0.381 e. The maximum Gasteiger partial charge on any atom is 0.133 e. The van der Waals surface area contributed by atoms with Crippen molar-refractivity contribution in [3.8, 4) is 0 Å². The van der Waals surface area contributed by atoms with E-state index in [1.165, 1.54) is 19.3 Å². The molecule has 1 saturated heterocycles. The summed E-state index contributed by atoms with van der Waals surface area (Å²) >= 11 is 0. The van der Waals surface area contributed by atoms with E-state index < -0.39 is 0 Å². The number of hydrogen-bond acceptors (Lipinski definition) is 3. The summed E-state index contributed by atoms with van der Waals surface area (Å²) in [6.07, 6.45) is 6.69. The van der Waals surface area contributed by atoms with Crippen LogP contribution in [0.5, 0.6) is 0 Å². The van der Waals surface area contributed by atoms with E-state index in [1.807, 2.05) is 6.33 Å². The predicted molar refractivity (Wildman–Crippen MR) is 50.9 cm³/mol. The summed E-state index contributed by atoms with van der Waals surface area (Å²) in [6, 6.07) is 0.697. The fourth-order valence-corrected chi connectivity index (χ4v) is 2.07. The third-order valence-corrected chi connectivity index (χ3v) is 3.08. The van der Waals surface area contributed by atoms with Crippen LogP contribution >= 0.6 is 0 Å². The number of aromatic nitrogens is 3. The Bertz CT molecular complexity index is 313. The summed E-state index contributed by atoms with van der Waals surface area (Å²) < 4.78 is 7.61. The van der Waals surface area contributed by atoms with Crippen LogP contribution in [0.3, 0.4) is 0 Å². The van der Waals surface area contributed by atoms with Gasteiger partial charge in [-0.05, 0) is 25.2 Å². The van der Waals surface area contributed by atoms with Gasteiger partial charge in [0, 0.05) is 25.7 Å². The third-order valence-electron chi connectivity index (χ3n) is 3.08. The van der Waals surface area contributed by atoms with Gasteiger partial charge in [0.15, 0.2) is 0 Å². The van der Waals surface area contributed by atoms with Crippen molar-refractivity contribution in [2.24, 2.45) is 5.92 Å². The van der Waals surface area contributed by atoms with E-state index >= 15 is 0 Å². The summed E-state index contributed by atoms with van der Waals surface area (Å²) in [6.45, 7) is 1.82. The van der Waals surface area contributed by atoms with Crippen molar-refractivity contribution in [3.05, 3.63) is 12.2 Å². The first-order valence-corrected chi connectivity index (χ1v) is 5.39. The smallest absolute Gasteiger partial charge is 0.133 e. The molecule has 0 radical (unpaired) electrons. The molecule has 1 aliphatic carbocycles. The Morgan fingerprint density at radius 1 is 1.43 bits per heavy atom. The van der Waals surface area contributed by atoms with E-state index in [4.69, 9.17) is 4.74 Å². The highest BCUT2D eigenvalue weighted by molar-refractivity contribution is 4.96. The Morgan fingerprint density at radius 3 is 3.07 bits per heavy atom. The Labute approximate surface area is 83.3 Å². The Balaban J connectivity index is 1.71. The lowest BCUT2D eigenvalue weighted by Gasteiger charge is -2.08. The van der Waals surface area contributed by atoms with Gasteiger partial charge in [0.25, 0.3) is 0 Å². The van der Waals surface area contributed by atoms with Crippen molar-refractivity contribution < 1.29 is 4.74 Å². The molecular weight excluding hydrogens is 178 g/mol. The topological polar surface area (TPSA) is 39.9 Å². The zero-order valence-corrected chi connectivity index (χ0v) is 8.22. The van der Waals surface area contributed by atoms with Crippen LogP contribution in [0.2, 0.25) is 0 Å². The molecule has 3 rings (SSSR count). The van der Waals surface area contributed by atoms with Crippen LogP contribution in [0.15, 0.2) is 6.33 Å². The van der Waals surface area contributed by atoms with Crippen molar-refractivity contribution in [2.75, 3.05) is 13.2 Å². The second kappa shape index (κ2) is 3.35. The Morgan fingerprint density at radius 2 is 2.36 bits per heavy atom. The van der Waals surface area contributed by atoms with Gasteiger partial charge in [-0.3, -0.25) is 0 Å². The average Bonchev–Trinajstić information content (AvgIpc) is 2.74. The number of rotatable bonds is 3. The van der Waals surface area contributed by atoms with Crippen molar-refractivity contribution in [1.29, 1.82) is 0 Å². The molecule has 1 atom stereocenters. The lowest BCUT2D eigenvalue weighted by molar-refractivity contribution is 0.185. The maximum atomic E-state index is 5.36. The van der Waals surface area contributed by atoms with Gasteiger partial charge in [-0.15, -0.1) is 10.2 Å². The monoisotopic (exact) mass is 193 g/mol. The van der Waals surface area contributed by atoms with Crippen LogP contribution in [0, 0.1) is 5.92 Å². The minimum atomic E-state index is 0.664. The summed E-state index contributed by atoms with van der Waals surface area (Å²) in [5.41, 5.74) is 0. The molecule has 1 aliphatic heterocycles. The molecule has 4 heteroatoms. The lowest BCUT2D eigenvalue weighted by atomic mass is 10.1. The average molecular weight is 193 g/mol. The maximum absolute atomic E-state index is 5.36. The molecule has 76 valence electrons. The number of nitrogens with zero attached hydrogens (tertiary/aromatic N) is 3. The number of hydrogen-bond donors (Lipinski definition) is 0. The Hall–Kier alpha value is -0.900. The molecule has 0 amide bonds. The first kappa shape index (κ1) is 8.41. The molecule has 2 fully saturated rings. The molecule has 1 saturated carbocycles. The van der Waals surface area contributed by atoms with Gasteiger partial charge in [-0.25, -0.2) is 0 Å². The molecule has 0 aromatic carbocycles. The molecule has 1 aromatic heterocycles. The molecule has 0 bridgehead atoms. The highest BCUT2D eigenvalue weighted by Crippen LogP contribution is 2.35. The van der Waals surface area contributed by atoms with Crippen LogP contribution in [-0.2, 0) is 11.2 Å². The SMILES string of the molecule is c1nnc(CC2CCOC2)n1C1CC1. The highest BCUT2D eigenvalue weighted by atomic mass is 16.5. The van der Waals surface area contributed by atoms with Gasteiger partial charge in [0.2, 0.25) is 0 Å². The van der Waals surface area contributed by atoms with Crippen molar-refractivity contribution in [3.63, 3.8) is 0 Å². The minimum absolute atomic E-state index is 0.664. The Kier molecular flexibility index (Phi) is 2.01. The predicted octanol–water partition coefficient (Wildman–Crippen LogP) is 1.19. The van der Waals surface area contributed by atoms with Gasteiger partial charge in [-0.1, -0.05) is 0 Å². The molecule has 14 heavy (non-hydrogen) atoms. The van der Waals surface area contributed by atoms with E-state index in [-0.39, 0.29) is 0 Å². The van der Waals surface area contributed by atoms with E-state index in [2.05, 4.69) is 14.8 Å². The van der Waals surface area contributed by atoms with Crippen molar-refractivity contribution >= 4 is 0 Å². The van der Waals surface area contributed by atoms with E-state index in [1.54, 1.807) is 0 Å². The zero-order valence-electron chi connectivity index (χ0n) is 8.22. The highest BCUT2D eigenvalue weighted by Gasteiger charge is 2.27. The third kappa shape index (κ3) is 1.54. The van der Waals surface area contributed by atoms with Crippen LogP contribution in [0.25, 0.3) is 0 Å². The number of ether oxygens (including phenoxy) is 1. The van der Waals surface area contributed by atoms with Gasteiger partial charge in [-0.2, -0.15) is 0 Å². The van der Waals surface area contributed by atoms with Crippen LogP contribution < -0.4 is 0 Å². The van der Waals surface area contributed by atoms with Gasteiger partial charge >= 0.3 is 0 Å². The standard InChI is InChI=1S/C10H15N3O/c1-2-9(1)13-7-11-12-10(13)5-8-3-4-14-6-8/h7-9H,1-6H2. The molecule has 2 heterocycles. The molecular formula is C10H15N3O. The van der Waals surface area contributed by atoms with E-state index in [0.29, 0.717) is 12.0 Å². The molecule has 1 aromatic rings. The fourth-order valence-electron chi connectivity index (χ4n) is 2.07. The molecule has 0 N–H and O–H groups in total. The quantitative estimate of drug-likeness (QED) is 0.724. The first-order chi connectivity index (χ1) is 6.93. The van der Waals surface area contributed by atoms with Crippen molar-refractivity contribution in [1.82, 2.24) is 14.8 Å². The fraction of sp³-hybridized carbons (Fsp3) is 0.800. The second-order valence-corrected chi connectivity index (χ2v) is 4.32.